The van der Waals surface area contributed by atoms with Crippen LogP contribution >= 0.6 is 0 Å². The number of anilines is 1. The molecule has 6 heteroatoms. The summed E-state index contributed by atoms with van der Waals surface area (Å²) < 4.78 is 33.3. The monoisotopic (exact) mass is 377 g/mol. The summed E-state index contributed by atoms with van der Waals surface area (Å²) in [5, 5.41) is 0.386. The summed E-state index contributed by atoms with van der Waals surface area (Å²) in [6.45, 7) is 0. The van der Waals surface area contributed by atoms with Gasteiger partial charge in [0.15, 0.2) is 5.43 Å². The Bertz CT molecular complexity index is 1260. The maximum atomic E-state index is 12.5. The minimum Gasteiger partial charge on any atom is -0.456 e. The molecule has 0 atom stereocenters. The first-order chi connectivity index (χ1) is 13.0. The van der Waals surface area contributed by atoms with E-state index in [4.69, 9.17) is 4.42 Å². The second-order valence-electron chi connectivity index (χ2n) is 5.97. The first-order valence-corrected chi connectivity index (χ1v) is 9.72. The second kappa shape index (κ2) is 6.74. The van der Waals surface area contributed by atoms with E-state index in [1.54, 1.807) is 30.3 Å². The van der Waals surface area contributed by atoms with Gasteiger partial charge in [0.25, 0.3) is 10.0 Å². The number of rotatable bonds is 4. The van der Waals surface area contributed by atoms with E-state index in [9.17, 15) is 13.2 Å². The average Bonchev–Trinajstić information content (AvgIpc) is 2.69. The van der Waals surface area contributed by atoms with E-state index in [1.807, 2.05) is 30.3 Å². The summed E-state index contributed by atoms with van der Waals surface area (Å²) >= 11 is 0. The van der Waals surface area contributed by atoms with Gasteiger partial charge in [-0.05, 0) is 24.3 Å². The number of hydrogen-bond acceptors (Lipinski definition) is 4. The van der Waals surface area contributed by atoms with Crippen molar-refractivity contribution in [2.45, 2.75) is 4.90 Å². The lowest BCUT2D eigenvalue weighted by Crippen LogP contribution is -2.13. The number of sulfonamides is 1. The van der Waals surface area contributed by atoms with Gasteiger partial charge >= 0.3 is 0 Å². The van der Waals surface area contributed by atoms with Crippen molar-refractivity contribution in [1.29, 1.82) is 0 Å². The molecule has 0 aliphatic heterocycles. The lowest BCUT2D eigenvalue weighted by molar-refractivity contribution is 0.601. The van der Waals surface area contributed by atoms with Crippen molar-refractivity contribution < 1.29 is 12.8 Å². The molecule has 0 fully saturated rings. The van der Waals surface area contributed by atoms with Crippen LogP contribution in [0.5, 0.6) is 0 Å². The predicted molar refractivity (Wildman–Crippen MR) is 105 cm³/mol. The second-order valence-corrected chi connectivity index (χ2v) is 7.65. The molecule has 1 heterocycles. The van der Waals surface area contributed by atoms with Crippen LogP contribution in [0, 0.1) is 0 Å². The zero-order valence-corrected chi connectivity index (χ0v) is 14.9. The Hall–Kier alpha value is -3.38. The fourth-order valence-corrected chi connectivity index (χ4v) is 3.85. The molecule has 5 nitrogen and oxygen atoms in total. The van der Waals surface area contributed by atoms with Crippen molar-refractivity contribution in [1.82, 2.24) is 0 Å². The lowest BCUT2D eigenvalue weighted by atomic mass is 10.1. The summed E-state index contributed by atoms with van der Waals surface area (Å²) in [6, 6.07) is 23.4. The highest BCUT2D eigenvalue weighted by Crippen LogP contribution is 2.25. The average molecular weight is 377 g/mol. The summed E-state index contributed by atoms with van der Waals surface area (Å²) in [7, 11) is -3.72. The number of nitrogens with one attached hydrogen (secondary N) is 1. The molecule has 0 saturated heterocycles. The third-order valence-electron chi connectivity index (χ3n) is 4.09. The molecule has 0 spiro atoms. The fourth-order valence-electron chi connectivity index (χ4n) is 2.78. The van der Waals surface area contributed by atoms with E-state index in [-0.39, 0.29) is 10.3 Å². The molecule has 0 amide bonds. The highest BCUT2D eigenvalue weighted by Gasteiger charge is 2.14. The Morgan fingerprint density at radius 1 is 0.778 bits per heavy atom. The minimum atomic E-state index is -3.72. The molecule has 0 aliphatic carbocycles. The zero-order valence-electron chi connectivity index (χ0n) is 14.1. The van der Waals surface area contributed by atoms with E-state index < -0.39 is 10.0 Å². The molecule has 1 N–H and O–H groups in total. The van der Waals surface area contributed by atoms with Gasteiger partial charge in [-0.1, -0.05) is 48.5 Å². The van der Waals surface area contributed by atoms with Crippen molar-refractivity contribution >= 4 is 26.7 Å². The van der Waals surface area contributed by atoms with Gasteiger partial charge in [0.2, 0.25) is 0 Å². The van der Waals surface area contributed by atoms with Crippen LogP contribution in [0.25, 0.3) is 22.3 Å². The number of hydrogen-bond donors (Lipinski definition) is 1. The van der Waals surface area contributed by atoms with E-state index in [2.05, 4.69) is 4.72 Å². The Balaban J connectivity index is 1.77. The van der Waals surface area contributed by atoms with Crippen LogP contribution in [0.1, 0.15) is 0 Å². The summed E-state index contributed by atoms with van der Waals surface area (Å²) in [4.78, 5) is 12.5. The smallest absolute Gasteiger partial charge is 0.261 e. The largest absolute Gasteiger partial charge is 0.456 e. The molecule has 3 aromatic carbocycles. The predicted octanol–water partition coefficient (Wildman–Crippen LogP) is 4.26. The normalized spacial score (nSPS) is 11.4. The van der Waals surface area contributed by atoms with Crippen LogP contribution in [0.2, 0.25) is 0 Å². The molecule has 1 aromatic heterocycles. The molecule has 0 radical (unpaired) electrons. The topological polar surface area (TPSA) is 76.4 Å². The van der Waals surface area contributed by atoms with Crippen LogP contribution in [0.15, 0.2) is 99.0 Å². The van der Waals surface area contributed by atoms with Crippen molar-refractivity contribution in [3.63, 3.8) is 0 Å². The molecule has 134 valence electrons. The van der Waals surface area contributed by atoms with Crippen molar-refractivity contribution in [2.75, 3.05) is 4.72 Å². The number of benzene rings is 3. The van der Waals surface area contributed by atoms with Gasteiger partial charge in [0, 0.05) is 17.7 Å². The minimum absolute atomic E-state index is 0.157. The van der Waals surface area contributed by atoms with E-state index in [0.29, 0.717) is 22.4 Å². The Morgan fingerprint density at radius 3 is 2.15 bits per heavy atom. The Kier molecular flexibility index (Phi) is 4.25. The summed E-state index contributed by atoms with van der Waals surface area (Å²) in [5.41, 5.74) is 1.22. The van der Waals surface area contributed by atoms with Gasteiger partial charge in [0.05, 0.1) is 16.0 Å². The van der Waals surface area contributed by atoms with Crippen molar-refractivity contribution in [3.05, 3.63) is 95.2 Å². The first kappa shape index (κ1) is 17.1. The lowest BCUT2D eigenvalue weighted by Gasteiger charge is -2.09. The number of fused-ring (bicyclic) bond motifs is 1. The van der Waals surface area contributed by atoms with Gasteiger partial charge in [-0.25, -0.2) is 8.42 Å². The van der Waals surface area contributed by atoms with Crippen LogP contribution in [-0.4, -0.2) is 8.42 Å². The van der Waals surface area contributed by atoms with Crippen LogP contribution in [0.4, 0.5) is 5.69 Å². The molecule has 0 saturated carbocycles. The van der Waals surface area contributed by atoms with Crippen LogP contribution in [-0.2, 0) is 10.0 Å². The zero-order chi connectivity index (χ0) is 18.9. The first-order valence-electron chi connectivity index (χ1n) is 8.24. The van der Waals surface area contributed by atoms with E-state index in [1.165, 1.54) is 24.3 Å². The standard InChI is InChI=1S/C21H15NO4S/c23-19-14-20(15-7-3-1-4-8-15)26-21-13-16(11-12-18(19)21)22-27(24,25)17-9-5-2-6-10-17/h1-14,22H. The van der Waals surface area contributed by atoms with E-state index in [0.717, 1.165) is 5.56 Å². The highest BCUT2D eigenvalue weighted by molar-refractivity contribution is 7.92. The Labute approximate surface area is 156 Å². The molecule has 4 aromatic rings. The van der Waals surface area contributed by atoms with Gasteiger partial charge < -0.3 is 4.42 Å². The quantitative estimate of drug-likeness (QED) is 0.576. The molecule has 0 aliphatic rings. The van der Waals surface area contributed by atoms with Gasteiger partial charge in [-0.2, -0.15) is 0 Å². The fraction of sp³-hybridized carbons (Fsp3) is 0. The summed E-state index contributed by atoms with van der Waals surface area (Å²) in [5.74, 6) is 0.427. The molecular weight excluding hydrogens is 362 g/mol. The third kappa shape index (κ3) is 3.47. The molecule has 0 bridgehead atoms. The molecule has 4 rings (SSSR count). The van der Waals surface area contributed by atoms with Crippen molar-refractivity contribution in [3.8, 4) is 11.3 Å². The molecular formula is C21H15NO4S. The Morgan fingerprint density at radius 2 is 1.44 bits per heavy atom. The summed E-state index contributed by atoms with van der Waals surface area (Å²) in [6.07, 6.45) is 0. The van der Waals surface area contributed by atoms with Crippen molar-refractivity contribution in [2.24, 2.45) is 0 Å². The van der Waals surface area contributed by atoms with Crippen LogP contribution < -0.4 is 10.2 Å². The maximum Gasteiger partial charge on any atom is 0.261 e. The van der Waals surface area contributed by atoms with E-state index >= 15 is 0 Å². The SMILES string of the molecule is O=c1cc(-c2ccccc2)oc2cc(NS(=O)(=O)c3ccccc3)ccc12. The van der Waals surface area contributed by atoms with Crippen LogP contribution in [0.3, 0.4) is 0 Å². The van der Waals surface area contributed by atoms with Gasteiger partial charge in [-0.3, -0.25) is 9.52 Å². The van der Waals surface area contributed by atoms with Gasteiger partial charge in [-0.15, -0.1) is 0 Å². The molecule has 27 heavy (non-hydrogen) atoms. The maximum absolute atomic E-state index is 12.5. The molecule has 0 unspecified atom stereocenters. The third-order valence-corrected chi connectivity index (χ3v) is 5.49. The van der Waals surface area contributed by atoms with Gasteiger partial charge in [0.1, 0.15) is 11.3 Å². The highest BCUT2D eigenvalue weighted by atomic mass is 32.2.